The van der Waals surface area contributed by atoms with Crippen LogP contribution in [0.15, 0.2) is 102 Å². The topological polar surface area (TPSA) is 198 Å². The number of Topliss-reactive ketones (excluding diaryl/α,β-unsaturated/α-hetero) is 1. The molecule has 2 aliphatic rings. The SMILES string of the molecule is Cc1ncoc1-c1ccc(CNC(=O)[C@@H]2C[C@@H](O)CN2C(=O)[C@@H](NC(=O)COCCCCC(=O)c2ccc(-c3ccc(N4C(=S)N(c5ccc(C#N)c(C(F)(F)F)c5)C(=O)C4(C)C)cc3)cc2)C(C)(C)C)cc1. The van der Waals surface area contributed by atoms with Gasteiger partial charge in [0.05, 0.1) is 34.7 Å². The Kier molecular flexibility index (Phi) is 16.0. The van der Waals surface area contributed by atoms with Gasteiger partial charge in [0.15, 0.2) is 23.0 Å². The van der Waals surface area contributed by atoms with Gasteiger partial charge < -0.3 is 34.7 Å². The van der Waals surface area contributed by atoms with E-state index in [0.29, 0.717) is 29.9 Å². The van der Waals surface area contributed by atoms with Crippen molar-refractivity contribution in [1.29, 1.82) is 5.26 Å². The molecule has 3 N–H and O–H groups in total. The summed E-state index contributed by atoms with van der Waals surface area (Å²) in [4.78, 5) is 75.3. The van der Waals surface area contributed by atoms with E-state index in [2.05, 4.69) is 15.6 Å². The van der Waals surface area contributed by atoms with Crippen molar-refractivity contribution in [3.63, 3.8) is 0 Å². The number of halogens is 3. The molecule has 3 atom stereocenters. The molecular weight excluding hydrogens is 964 g/mol. The first-order chi connectivity index (χ1) is 34.5. The Morgan fingerprint density at radius 3 is 2.18 bits per heavy atom. The number of rotatable bonds is 17. The monoisotopic (exact) mass is 1020 g/mol. The Morgan fingerprint density at radius 2 is 1.58 bits per heavy atom. The lowest BCUT2D eigenvalue weighted by Gasteiger charge is -2.35. The molecule has 15 nitrogen and oxygen atoms in total. The molecular formula is C54H56F3N7O8S. The lowest BCUT2D eigenvalue weighted by molar-refractivity contribution is -0.144. The molecule has 19 heteroatoms. The minimum absolute atomic E-state index is 0.0206. The van der Waals surface area contributed by atoms with Gasteiger partial charge in [-0.1, -0.05) is 81.4 Å². The fourth-order valence-electron chi connectivity index (χ4n) is 8.89. The Labute approximate surface area is 426 Å². The molecule has 1 aromatic heterocycles. The number of alkyl halides is 3. The van der Waals surface area contributed by atoms with E-state index in [1.54, 1.807) is 69.9 Å². The van der Waals surface area contributed by atoms with Crippen LogP contribution < -0.4 is 20.4 Å². The van der Waals surface area contributed by atoms with E-state index in [-0.39, 0.29) is 55.7 Å². The van der Waals surface area contributed by atoms with Gasteiger partial charge in [-0.25, -0.2) is 4.98 Å². The summed E-state index contributed by atoms with van der Waals surface area (Å²) in [5.41, 5.74) is 1.22. The summed E-state index contributed by atoms with van der Waals surface area (Å²) in [5.74, 6) is -1.41. The van der Waals surface area contributed by atoms with E-state index in [9.17, 15) is 47.5 Å². The van der Waals surface area contributed by atoms with Gasteiger partial charge in [-0.3, -0.25) is 28.9 Å². The van der Waals surface area contributed by atoms with Gasteiger partial charge in [0.2, 0.25) is 17.7 Å². The standard InChI is InChI=1S/C54H56F3N7O8S/c1-32-46(72-31-60-32)37-12-10-33(11-13-37)28-59-48(68)43-26-41(65)29-62(43)49(69)47(52(2,3)4)61-45(67)30-71-24-8-7-9-44(66)36-16-14-34(15-17-36)35-18-21-39(22-19-35)64-51(73)63(50(70)53(64,5)6)40-23-20-38(27-58)42(25-40)54(55,56)57/h10-23,25,31,41,43,47,65H,7-9,24,26,28-30H2,1-6H3,(H,59,68)(H,61,67)/t41-,43+,47-/m1/s1. The van der Waals surface area contributed by atoms with E-state index in [4.69, 9.17) is 21.4 Å². The Hall–Kier alpha value is -7.27. The maximum absolute atomic E-state index is 14.0. The molecule has 0 aliphatic carbocycles. The average Bonchev–Trinajstić information content (AvgIpc) is 4.02. The van der Waals surface area contributed by atoms with Gasteiger partial charge >= 0.3 is 6.18 Å². The number of carbonyl (C=O) groups excluding carboxylic acids is 5. The minimum Gasteiger partial charge on any atom is -0.443 e. The Balaban J connectivity index is 0.856. The number of oxazole rings is 1. The summed E-state index contributed by atoms with van der Waals surface area (Å²) < 4.78 is 52.4. The first-order valence-corrected chi connectivity index (χ1v) is 24.1. The molecule has 382 valence electrons. The molecule has 0 unspecified atom stereocenters. The van der Waals surface area contributed by atoms with E-state index < -0.39 is 70.1 Å². The first kappa shape index (κ1) is 53.5. The number of nitrogens with one attached hydrogen (secondary N) is 2. The number of ketones is 1. The lowest BCUT2D eigenvalue weighted by Crippen LogP contribution is -2.58. The quantitative estimate of drug-likeness (QED) is 0.0458. The van der Waals surface area contributed by atoms with Gasteiger partial charge in [-0.05, 0) is 98.3 Å². The van der Waals surface area contributed by atoms with Crippen LogP contribution in [0.25, 0.3) is 22.5 Å². The van der Waals surface area contributed by atoms with Gasteiger partial charge in [0.25, 0.3) is 5.91 Å². The van der Waals surface area contributed by atoms with E-state index in [1.165, 1.54) is 17.4 Å². The number of ether oxygens (including phenoxy) is 1. The number of nitrogens with zero attached hydrogens (tertiary/aromatic N) is 5. The number of unbranched alkanes of at least 4 members (excludes halogenated alkanes) is 1. The molecule has 0 saturated carbocycles. The zero-order valence-corrected chi connectivity index (χ0v) is 42.0. The Bertz CT molecular complexity index is 2930. The second-order valence-electron chi connectivity index (χ2n) is 19.7. The summed E-state index contributed by atoms with van der Waals surface area (Å²) in [6.45, 7) is 10.5. The number of aryl methyl sites for hydroxylation is 1. The lowest BCUT2D eigenvalue weighted by atomic mass is 9.85. The van der Waals surface area contributed by atoms with Crippen LogP contribution in [0.1, 0.15) is 93.0 Å². The molecule has 0 spiro atoms. The largest absolute Gasteiger partial charge is 0.443 e. The number of hydrogen-bond acceptors (Lipinski definition) is 11. The number of carbonyl (C=O) groups is 5. The first-order valence-electron chi connectivity index (χ1n) is 23.7. The zero-order valence-electron chi connectivity index (χ0n) is 41.2. The molecule has 73 heavy (non-hydrogen) atoms. The van der Waals surface area contributed by atoms with E-state index in [0.717, 1.165) is 45.0 Å². The highest BCUT2D eigenvalue weighted by atomic mass is 32.1. The smallest absolute Gasteiger partial charge is 0.417 e. The van der Waals surface area contributed by atoms with Crippen molar-refractivity contribution in [3.8, 4) is 28.5 Å². The van der Waals surface area contributed by atoms with Gasteiger partial charge in [-0.2, -0.15) is 18.4 Å². The third-order valence-electron chi connectivity index (χ3n) is 12.9. The van der Waals surface area contributed by atoms with E-state index >= 15 is 0 Å². The number of aliphatic hydroxyl groups excluding tert-OH is 1. The zero-order chi connectivity index (χ0) is 53.0. The van der Waals surface area contributed by atoms with Crippen LogP contribution in [0.2, 0.25) is 0 Å². The second kappa shape index (κ2) is 21.8. The number of aromatic nitrogens is 1. The number of β-amino-alcohol motifs (C(OH)–C–C–N with tert-alkyl or cyclic N) is 1. The normalized spacial score (nSPS) is 17.1. The van der Waals surface area contributed by atoms with Crippen molar-refractivity contribution in [2.24, 2.45) is 5.41 Å². The number of likely N-dealkylation sites (tertiary alicyclic amines) is 1. The molecule has 4 aromatic carbocycles. The number of thiocarbonyl (C=S) groups is 1. The van der Waals surface area contributed by atoms with Crippen LogP contribution in [0, 0.1) is 23.7 Å². The van der Waals surface area contributed by atoms with Gasteiger partial charge in [0.1, 0.15) is 24.2 Å². The molecule has 5 aromatic rings. The summed E-state index contributed by atoms with van der Waals surface area (Å²) in [7, 11) is 0. The maximum Gasteiger partial charge on any atom is 0.417 e. The highest BCUT2D eigenvalue weighted by Crippen LogP contribution is 2.40. The number of anilines is 2. The number of hydrogen-bond donors (Lipinski definition) is 3. The summed E-state index contributed by atoms with van der Waals surface area (Å²) >= 11 is 5.66. The number of nitriles is 1. The molecule has 2 fully saturated rings. The van der Waals surface area contributed by atoms with Crippen LogP contribution in [0.5, 0.6) is 0 Å². The molecule has 2 aliphatic heterocycles. The highest BCUT2D eigenvalue weighted by molar-refractivity contribution is 7.81. The predicted octanol–water partition coefficient (Wildman–Crippen LogP) is 8.30. The number of benzene rings is 4. The molecule has 2 saturated heterocycles. The van der Waals surface area contributed by atoms with Crippen LogP contribution >= 0.6 is 12.2 Å². The van der Waals surface area contributed by atoms with Crippen LogP contribution in [-0.4, -0.2) is 93.0 Å². The molecule has 3 heterocycles. The Morgan fingerprint density at radius 1 is 0.945 bits per heavy atom. The van der Waals surface area contributed by atoms with Crippen molar-refractivity contribution in [2.45, 2.75) is 104 Å². The van der Waals surface area contributed by atoms with Crippen molar-refractivity contribution in [1.82, 2.24) is 20.5 Å². The van der Waals surface area contributed by atoms with Gasteiger partial charge in [0, 0.05) is 49.4 Å². The van der Waals surface area contributed by atoms with Crippen molar-refractivity contribution in [2.75, 3.05) is 29.6 Å². The summed E-state index contributed by atoms with van der Waals surface area (Å²) in [6.07, 6.45) is -3.10. The summed E-state index contributed by atoms with van der Waals surface area (Å²) in [5, 5.41) is 25.4. The van der Waals surface area contributed by atoms with Gasteiger partial charge in [-0.15, -0.1) is 0 Å². The molecule has 0 radical (unpaired) electrons. The van der Waals surface area contributed by atoms with Crippen molar-refractivity contribution in [3.05, 3.63) is 125 Å². The minimum atomic E-state index is -4.82. The fourth-order valence-corrected chi connectivity index (χ4v) is 9.41. The second-order valence-corrected chi connectivity index (χ2v) is 20.0. The summed E-state index contributed by atoms with van der Waals surface area (Å²) in [6, 6.07) is 24.2. The van der Waals surface area contributed by atoms with Crippen molar-refractivity contribution >= 4 is 58.1 Å². The third-order valence-corrected chi connectivity index (χ3v) is 13.3. The van der Waals surface area contributed by atoms with Crippen LogP contribution in [-0.2, 0) is 36.6 Å². The molecule has 4 amide bonds. The number of aliphatic hydroxyl groups is 1. The predicted molar refractivity (Wildman–Crippen MR) is 270 cm³/mol. The fraction of sp³-hybridized carbons (Fsp3) is 0.370. The molecule has 7 rings (SSSR count). The average molecular weight is 1020 g/mol. The third kappa shape index (κ3) is 12.0. The van der Waals surface area contributed by atoms with Crippen LogP contribution in [0.4, 0.5) is 24.5 Å². The highest BCUT2D eigenvalue weighted by Gasteiger charge is 2.51. The maximum atomic E-state index is 14.0. The van der Waals surface area contributed by atoms with E-state index in [1.807, 2.05) is 55.5 Å². The van der Waals surface area contributed by atoms with Crippen molar-refractivity contribution < 1.29 is 51.4 Å². The molecule has 0 bridgehead atoms. The van der Waals surface area contributed by atoms with Crippen LogP contribution in [0.3, 0.4) is 0 Å². The number of amides is 4.